The molecule has 1 fully saturated rings. The van der Waals surface area contributed by atoms with Gasteiger partial charge in [0.25, 0.3) is 5.56 Å². The maximum Gasteiger partial charge on any atom is 0.254 e. The molecule has 0 spiro atoms. The molecule has 1 aromatic rings. The topological polar surface area (TPSA) is 47.2 Å². The van der Waals surface area contributed by atoms with E-state index in [0.717, 1.165) is 55.5 Å². The van der Waals surface area contributed by atoms with Gasteiger partial charge in [-0.2, -0.15) is 0 Å². The van der Waals surface area contributed by atoms with Crippen molar-refractivity contribution in [2.45, 2.75) is 77.7 Å². The highest BCUT2D eigenvalue weighted by molar-refractivity contribution is 5.59. The Morgan fingerprint density at radius 3 is 2.72 bits per heavy atom. The Morgan fingerprint density at radius 1 is 1.24 bits per heavy atom. The van der Waals surface area contributed by atoms with E-state index in [1.807, 2.05) is 36.8 Å². The molecule has 0 bridgehead atoms. The predicted octanol–water partition coefficient (Wildman–Crippen LogP) is 6.43. The summed E-state index contributed by atoms with van der Waals surface area (Å²) in [7, 11) is 0. The molecule has 0 amide bonds. The summed E-state index contributed by atoms with van der Waals surface area (Å²) in [6.07, 6.45) is 23.5. The van der Waals surface area contributed by atoms with Crippen LogP contribution < -0.4 is 5.56 Å². The van der Waals surface area contributed by atoms with E-state index < -0.39 is 0 Å². The lowest BCUT2D eigenvalue weighted by Crippen LogP contribution is -2.26. The number of rotatable bonds is 10. The lowest BCUT2D eigenvalue weighted by molar-refractivity contribution is 0.343. The van der Waals surface area contributed by atoms with E-state index in [1.165, 1.54) is 19.3 Å². The second-order valence-corrected chi connectivity index (χ2v) is 7.67. The molecule has 156 valence electrons. The van der Waals surface area contributed by atoms with Gasteiger partial charge in [0.1, 0.15) is 0 Å². The van der Waals surface area contributed by atoms with Crippen LogP contribution in [0.2, 0.25) is 0 Å². The molecular formula is C25H35N3O. The maximum atomic E-state index is 12.4. The van der Waals surface area contributed by atoms with Gasteiger partial charge < -0.3 is 0 Å². The zero-order valence-electron chi connectivity index (χ0n) is 18.0. The van der Waals surface area contributed by atoms with Crippen molar-refractivity contribution < 1.29 is 0 Å². The summed E-state index contributed by atoms with van der Waals surface area (Å²) in [6, 6.07) is 1.98. The first-order valence-electron chi connectivity index (χ1n) is 10.8. The minimum Gasteiger partial charge on any atom is -0.296 e. The maximum absolute atomic E-state index is 12.4. The van der Waals surface area contributed by atoms with Gasteiger partial charge in [-0.25, -0.2) is 4.98 Å². The quantitative estimate of drug-likeness (QED) is 0.261. The van der Waals surface area contributed by atoms with E-state index in [1.54, 1.807) is 12.4 Å². The number of nitrogens with zero attached hydrogens (tertiary/aromatic N) is 3. The first-order chi connectivity index (χ1) is 14.1. The second-order valence-electron chi connectivity index (χ2n) is 7.67. The van der Waals surface area contributed by atoms with Crippen molar-refractivity contribution in [1.29, 1.82) is 0 Å². The largest absolute Gasteiger partial charge is 0.296 e. The van der Waals surface area contributed by atoms with Gasteiger partial charge in [-0.1, -0.05) is 55.7 Å². The predicted molar refractivity (Wildman–Crippen MR) is 124 cm³/mol. The summed E-state index contributed by atoms with van der Waals surface area (Å²) >= 11 is 0. The molecule has 0 aliphatic heterocycles. The van der Waals surface area contributed by atoms with Crippen LogP contribution in [-0.2, 0) is 0 Å². The Morgan fingerprint density at radius 2 is 2.00 bits per heavy atom. The minimum atomic E-state index is 0.0657. The third-order valence-electron chi connectivity index (χ3n) is 5.27. The molecule has 1 aromatic heterocycles. The van der Waals surface area contributed by atoms with Crippen LogP contribution in [0.4, 0.5) is 0 Å². The van der Waals surface area contributed by atoms with Crippen LogP contribution >= 0.6 is 0 Å². The normalized spacial score (nSPS) is 16.4. The Labute approximate surface area is 175 Å². The van der Waals surface area contributed by atoms with Crippen molar-refractivity contribution in [3.8, 4) is 0 Å². The highest BCUT2D eigenvalue weighted by Gasteiger charge is 2.16. The van der Waals surface area contributed by atoms with E-state index in [4.69, 9.17) is 0 Å². The number of aliphatic imine (C=N–C) groups is 1. The van der Waals surface area contributed by atoms with Crippen LogP contribution in [0.25, 0.3) is 6.08 Å². The van der Waals surface area contributed by atoms with Crippen LogP contribution in [0, 0.1) is 0 Å². The standard InChI is InChI=1S/C25H35N3O/c1-4-22(3)26-18-12-14-21(2)13-8-5-6-9-15-23-19-25(29)28(20-27-23)24-16-10-7-11-17-24/h4,8-9,13,15,18-20,24H,2,5-7,10-12,14,16-17H2,1,3H3/b13-8+,15-9+,22-4-,26-18?. The molecular weight excluding hydrogens is 358 g/mol. The Hall–Kier alpha value is -2.49. The summed E-state index contributed by atoms with van der Waals surface area (Å²) < 4.78 is 1.81. The molecule has 0 radical (unpaired) electrons. The molecule has 4 nitrogen and oxygen atoms in total. The van der Waals surface area contributed by atoms with Crippen molar-refractivity contribution in [1.82, 2.24) is 9.55 Å². The fourth-order valence-electron chi connectivity index (χ4n) is 3.41. The van der Waals surface area contributed by atoms with E-state index >= 15 is 0 Å². The summed E-state index contributed by atoms with van der Waals surface area (Å²) in [6.45, 7) is 8.07. The van der Waals surface area contributed by atoms with Crippen LogP contribution in [0.1, 0.15) is 83.4 Å². The molecule has 0 unspecified atom stereocenters. The van der Waals surface area contributed by atoms with Gasteiger partial charge in [0.15, 0.2) is 0 Å². The van der Waals surface area contributed by atoms with Gasteiger partial charge in [-0.15, -0.1) is 0 Å². The Bertz CT molecular complexity index is 821. The summed E-state index contributed by atoms with van der Waals surface area (Å²) in [4.78, 5) is 21.2. The van der Waals surface area contributed by atoms with Gasteiger partial charge in [0, 0.05) is 24.0 Å². The third-order valence-corrected chi connectivity index (χ3v) is 5.27. The summed E-state index contributed by atoms with van der Waals surface area (Å²) in [5, 5.41) is 0. The zero-order chi connectivity index (χ0) is 20.9. The van der Waals surface area contributed by atoms with Gasteiger partial charge in [-0.3, -0.25) is 14.4 Å². The molecule has 1 aliphatic carbocycles. The monoisotopic (exact) mass is 393 g/mol. The average Bonchev–Trinajstić information content (AvgIpc) is 2.74. The van der Waals surface area contributed by atoms with Crippen molar-refractivity contribution in [3.63, 3.8) is 0 Å². The number of hydrogen-bond acceptors (Lipinski definition) is 3. The lowest BCUT2D eigenvalue weighted by Gasteiger charge is -2.23. The third kappa shape index (κ3) is 8.59. The molecule has 0 aromatic carbocycles. The van der Waals surface area contributed by atoms with Gasteiger partial charge >= 0.3 is 0 Å². The fraction of sp³-hybridized carbons (Fsp3) is 0.480. The van der Waals surface area contributed by atoms with Gasteiger partial charge in [-0.05, 0) is 58.4 Å². The zero-order valence-corrected chi connectivity index (χ0v) is 18.0. The van der Waals surface area contributed by atoms with Crippen molar-refractivity contribution >= 4 is 12.3 Å². The average molecular weight is 394 g/mol. The van der Waals surface area contributed by atoms with Crippen LogP contribution in [0.15, 0.2) is 64.3 Å². The van der Waals surface area contributed by atoms with Crippen molar-refractivity contribution in [2.24, 2.45) is 4.99 Å². The second kappa shape index (κ2) is 12.9. The molecule has 1 saturated carbocycles. The molecule has 0 N–H and O–H groups in total. The molecule has 1 aliphatic rings. The molecule has 1 heterocycles. The first-order valence-corrected chi connectivity index (χ1v) is 10.8. The van der Waals surface area contributed by atoms with E-state index in [-0.39, 0.29) is 5.56 Å². The lowest BCUT2D eigenvalue weighted by atomic mass is 9.95. The smallest absolute Gasteiger partial charge is 0.254 e. The summed E-state index contributed by atoms with van der Waals surface area (Å²) in [5.74, 6) is 0. The molecule has 0 atom stereocenters. The molecule has 29 heavy (non-hydrogen) atoms. The minimum absolute atomic E-state index is 0.0657. The van der Waals surface area contributed by atoms with Crippen LogP contribution in [0.3, 0.4) is 0 Å². The van der Waals surface area contributed by atoms with Crippen molar-refractivity contribution in [2.75, 3.05) is 0 Å². The van der Waals surface area contributed by atoms with E-state index in [2.05, 4.69) is 34.8 Å². The highest BCUT2D eigenvalue weighted by Crippen LogP contribution is 2.26. The van der Waals surface area contributed by atoms with E-state index in [9.17, 15) is 4.79 Å². The molecule has 0 saturated heterocycles. The number of aromatic nitrogens is 2. The van der Waals surface area contributed by atoms with Gasteiger partial charge in [0.05, 0.1) is 12.0 Å². The number of unbranched alkanes of at least 4 members (excludes halogenated alkanes) is 1. The van der Waals surface area contributed by atoms with E-state index in [0.29, 0.717) is 6.04 Å². The first kappa shape index (κ1) is 22.8. The molecule has 4 heteroatoms. The number of hydrogen-bond donors (Lipinski definition) is 0. The molecule has 2 rings (SSSR count). The summed E-state index contributed by atoms with van der Waals surface area (Å²) in [5.41, 5.74) is 2.97. The Balaban J connectivity index is 1.71. The van der Waals surface area contributed by atoms with Gasteiger partial charge in [0.2, 0.25) is 0 Å². The van der Waals surface area contributed by atoms with Crippen LogP contribution in [-0.4, -0.2) is 15.8 Å². The fourth-order valence-corrected chi connectivity index (χ4v) is 3.41. The highest BCUT2D eigenvalue weighted by atomic mass is 16.1. The van der Waals surface area contributed by atoms with Crippen LogP contribution in [0.5, 0.6) is 0 Å². The SMILES string of the molecule is C=C(/C=C/CC/C=C/c1cc(=O)n(C2CCCCC2)cn1)CCC=N/C(C)=C\C. The Kier molecular flexibility index (Phi) is 10.1. The number of allylic oxidation sites excluding steroid dienone is 6. The van der Waals surface area contributed by atoms with Crippen molar-refractivity contribution in [3.05, 3.63) is 70.6 Å².